The predicted molar refractivity (Wildman–Crippen MR) is 102 cm³/mol. The van der Waals surface area contributed by atoms with E-state index in [0.717, 1.165) is 23.5 Å². The van der Waals surface area contributed by atoms with Crippen LogP contribution >= 0.6 is 11.3 Å². The van der Waals surface area contributed by atoms with Gasteiger partial charge in [0.25, 0.3) is 0 Å². The Morgan fingerprint density at radius 3 is 2.81 bits per heavy atom. The van der Waals surface area contributed by atoms with Gasteiger partial charge < -0.3 is 15.5 Å². The smallest absolute Gasteiger partial charge is 0.191 e. The molecule has 2 N–H and O–H groups in total. The number of nitrogens with one attached hydrogen (secondary N) is 2. The van der Waals surface area contributed by atoms with Crippen LogP contribution in [0, 0.1) is 11.6 Å². The number of guanidine groups is 1. The molecule has 2 heterocycles. The molecule has 8 heteroatoms. The van der Waals surface area contributed by atoms with Gasteiger partial charge in [0, 0.05) is 31.6 Å². The number of halogens is 2. The molecule has 0 aliphatic carbocycles. The fourth-order valence-corrected chi connectivity index (χ4v) is 3.77. The van der Waals surface area contributed by atoms with E-state index in [4.69, 9.17) is 0 Å². The molecule has 3 rings (SSSR count). The second-order valence-corrected chi connectivity index (χ2v) is 7.10. The van der Waals surface area contributed by atoms with Gasteiger partial charge in [-0.15, -0.1) is 11.3 Å². The van der Waals surface area contributed by atoms with Crippen LogP contribution in [0.4, 0.5) is 14.5 Å². The van der Waals surface area contributed by atoms with Gasteiger partial charge in [-0.2, -0.15) is 0 Å². The molecule has 1 saturated heterocycles. The Kier molecular flexibility index (Phi) is 6.03. The summed E-state index contributed by atoms with van der Waals surface area (Å²) < 4.78 is 27.9. The third-order valence-corrected chi connectivity index (χ3v) is 5.39. The van der Waals surface area contributed by atoms with Crippen LogP contribution in [-0.4, -0.2) is 37.1 Å². The summed E-state index contributed by atoms with van der Waals surface area (Å²) in [5.41, 5.74) is 1.03. The first-order valence-corrected chi connectivity index (χ1v) is 9.58. The maximum absolute atomic E-state index is 14.0. The molecule has 1 aliphatic heterocycles. The lowest BCUT2D eigenvalue weighted by Crippen LogP contribution is -2.44. The number of hydrogen-bond donors (Lipinski definition) is 2. The first kappa shape index (κ1) is 18.6. The Bertz CT molecular complexity index is 756. The zero-order valence-corrected chi connectivity index (χ0v) is 15.7. The van der Waals surface area contributed by atoms with Crippen molar-refractivity contribution < 1.29 is 8.78 Å². The number of para-hydroxylation sites is 1. The highest BCUT2D eigenvalue weighted by atomic mass is 32.1. The average Bonchev–Trinajstić information content (AvgIpc) is 3.28. The second-order valence-electron chi connectivity index (χ2n) is 6.16. The van der Waals surface area contributed by atoms with Crippen LogP contribution in [0.2, 0.25) is 0 Å². The largest absolute Gasteiger partial charge is 0.365 e. The Balaban J connectivity index is 1.55. The van der Waals surface area contributed by atoms with Crippen molar-refractivity contribution in [2.75, 3.05) is 25.0 Å². The molecular weight excluding hydrogens is 356 g/mol. The topological polar surface area (TPSA) is 52.6 Å². The lowest BCUT2D eigenvalue weighted by molar-refractivity contribution is 0.576. The summed E-state index contributed by atoms with van der Waals surface area (Å²) in [6.07, 6.45) is 1.72. The van der Waals surface area contributed by atoms with Crippen LogP contribution in [0.5, 0.6) is 0 Å². The molecule has 1 atom stereocenters. The fourth-order valence-electron chi connectivity index (χ4n) is 3.03. The maximum atomic E-state index is 14.0. The van der Waals surface area contributed by atoms with Crippen molar-refractivity contribution in [1.29, 1.82) is 0 Å². The van der Waals surface area contributed by atoms with Crippen LogP contribution < -0.4 is 15.5 Å². The van der Waals surface area contributed by atoms with E-state index in [0.29, 0.717) is 25.6 Å². The molecule has 0 bridgehead atoms. The quantitative estimate of drug-likeness (QED) is 0.620. The molecule has 0 amide bonds. The minimum atomic E-state index is -0.525. The lowest BCUT2D eigenvalue weighted by Gasteiger charge is -2.21. The third kappa shape index (κ3) is 4.30. The minimum Gasteiger partial charge on any atom is -0.365 e. The average molecular weight is 379 g/mol. The summed E-state index contributed by atoms with van der Waals surface area (Å²) in [5, 5.41) is 9.72. The standard InChI is InChI=1S/C18H23F2N5S/c1-3-16-23-13(11-26-16)9-22-18(21-2)24-12-7-8-25(10-12)17-14(19)5-4-6-15(17)20/h4-6,11-12H,3,7-10H2,1-2H3,(H2,21,22,24). The van der Waals surface area contributed by atoms with Crippen LogP contribution in [0.1, 0.15) is 24.0 Å². The van der Waals surface area contributed by atoms with E-state index in [1.165, 1.54) is 18.2 Å². The van der Waals surface area contributed by atoms with Gasteiger partial charge in [0.05, 0.1) is 17.2 Å². The molecule has 0 spiro atoms. The van der Waals surface area contributed by atoms with Gasteiger partial charge in [-0.25, -0.2) is 13.8 Å². The molecule has 2 aromatic rings. The van der Waals surface area contributed by atoms with E-state index in [-0.39, 0.29) is 11.7 Å². The Morgan fingerprint density at radius 1 is 1.38 bits per heavy atom. The first-order chi connectivity index (χ1) is 12.6. The molecule has 26 heavy (non-hydrogen) atoms. The van der Waals surface area contributed by atoms with E-state index in [1.807, 2.05) is 5.38 Å². The molecule has 140 valence electrons. The molecule has 0 radical (unpaired) electrons. The van der Waals surface area contributed by atoms with Crippen molar-refractivity contribution in [2.24, 2.45) is 4.99 Å². The monoisotopic (exact) mass is 379 g/mol. The van der Waals surface area contributed by atoms with Gasteiger partial charge in [0.15, 0.2) is 5.96 Å². The number of aryl methyl sites for hydroxylation is 1. The van der Waals surface area contributed by atoms with Crippen LogP contribution in [0.25, 0.3) is 0 Å². The summed E-state index contributed by atoms with van der Waals surface area (Å²) in [7, 11) is 1.71. The molecule has 1 fully saturated rings. The highest BCUT2D eigenvalue weighted by molar-refractivity contribution is 7.09. The Hall–Kier alpha value is -2.22. The zero-order valence-electron chi connectivity index (χ0n) is 14.9. The van der Waals surface area contributed by atoms with E-state index in [9.17, 15) is 8.78 Å². The number of thiazole rings is 1. The van der Waals surface area contributed by atoms with Crippen LogP contribution in [0.3, 0.4) is 0 Å². The SMILES string of the molecule is CCc1nc(CNC(=NC)NC2CCN(c3c(F)cccc3F)C2)cs1. The molecule has 0 saturated carbocycles. The summed E-state index contributed by atoms with van der Waals surface area (Å²) in [4.78, 5) is 10.5. The molecular formula is C18H23F2N5S. The Labute approximate surface area is 156 Å². The Morgan fingerprint density at radius 2 is 2.15 bits per heavy atom. The molecule has 1 aromatic heterocycles. The number of nitrogens with zero attached hydrogens (tertiary/aromatic N) is 3. The van der Waals surface area contributed by atoms with E-state index >= 15 is 0 Å². The minimum absolute atomic E-state index is 0.0503. The maximum Gasteiger partial charge on any atom is 0.191 e. The highest BCUT2D eigenvalue weighted by Gasteiger charge is 2.27. The van der Waals surface area contributed by atoms with E-state index in [2.05, 4.69) is 27.5 Å². The summed E-state index contributed by atoms with van der Waals surface area (Å²) in [6.45, 7) is 3.79. The van der Waals surface area contributed by atoms with Crippen LogP contribution in [-0.2, 0) is 13.0 Å². The summed E-state index contributed by atoms with van der Waals surface area (Å²) in [6, 6.07) is 4.03. The van der Waals surface area contributed by atoms with Crippen LogP contribution in [0.15, 0.2) is 28.6 Å². The van der Waals surface area contributed by atoms with Crippen molar-refractivity contribution >= 4 is 23.0 Å². The van der Waals surface area contributed by atoms with Crippen molar-refractivity contribution in [2.45, 2.75) is 32.4 Å². The van der Waals surface area contributed by atoms with Crippen molar-refractivity contribution in [3.05, 3.63) is 45.9 Å². The summed E-state index contributed by atoms with van der Waals surface area (Å²) in [5.74, 6) is -0.385. The van der Waals surface area contributed by atoms with Gasteiger partial charge >= 0.3 is 0 Å². The molecule has 5 nitrogen and oxygen atoms in total. The van der Waals surface area contributed by atoms with E-state index < -0.39 is 11.6 Å². The lowest BCUT2D eigenvalue weighted by atomic mass is 10.2. The number of aromatic nitrogens is 1. The summed E-state index contributed by atoms with van der Waals surface area (Å²) >= 11 is 1.65. The normalized spacial score (nSPS) is 17.6. The number of benzene rings is 1. The van der Waals surface area contributed by atoms with Gasteiger partial charge in [-0.05, 0) is 25.0 Å². The van der Waals surface area contributed by atoms with Gasteiger partial charge in [-0.1, -0.05) is 13.0 Å². The molecule has 1 unspecified atom stereocenters. The number of aliphatic imine (C=N–C) groups is 1. The number of hydrogen-bond acceptors (Lipinski definition) is 4. The fraction of sp³-hybridized carbons (Fsp3) is 0.444. The predicted octanol–water partition coefficient (Wildman–Crippen LogP) is 2.93. The van der Waals surface area contributed by atoms with Gasteiger partial charge in [0.2, 0.25) is 0 Å². The van der Waals surface area contributed by atoms with E-state index in [1.54, 1.807) is 23.3 Å². The highest BCUT2D eigenvalue weighted by Crippen LogP contribution is 2.26. The first-order valence-electron chi connectivity index (χ1n) is 8.70. The molecule has 1 aromatic carbocycles. The zero-order chi connectivity index (χ0) is 18.5. The second kappa shape index (κ2) is 8.44. The number of anilines is 1. The van der Waals surface area contributed by atoms with Crippen molar-refractivity contribution in [3.8, 4) is 0 Å². The third-order valence-electron chi connectivity index (χ3n) is 4.35. The number of rotatable bonds is 5. The molecule has 1 aliphatic rings. The van der Waals surface area contributed by atoms with Gasteiger partial charge in [0.1, 0.15) is 17.3 Å². The van der Waals surface area contributed by atoms with Gasteiger partial charge in [-0.3, -0.25) is 4.99 Å². The van der Waals surface area contributed by atoms with Crippen molar-refractivity contribution in [3.63, 3.8) is 0 Å². The van der Waals surface area contributed by atoms with Crippen molar-refractivity contribution in [1.82, 2.24) is 15.6 Å².